The van der Waals surface area contributed by atoms with Crippen LogP contribution >= 0.6 is 11.6 Å². The number of carbonyl (C=O) groups excluding carboxylic acids is 1. The first-order chi connectivity index (χ1) is 11.1. The lowest BCUT2D eigenvalue weighted by Crippen LogP contribution is -2.48. The van der Waals surface area contributed by atoms with Crippen LogP contribution in [0.15, 0.2) is 36.4 Å². The van der Waals surface area contributed by atoms with Gasteiger partial charge in [0.1, 0.15) is 0 Å². The van der Waals surface area contributed by atoms with E-state index in [2.05, 4.69) is 0 Å². The number of para-hydroxylation sites is 1. The molecule has 6 heteroatoms. The number of halogens is 2. The number of hydrogen-bond acceptors (Lipinski definition) is 3. The van der Waals surface area contributed by atoms with Crippen molar-refractivity contribution in [2.45, 2.75) is 24.9 Å². The van der Waals surface area contributed by atoms with Gasteiger partial charge in [0.2, 0.25) is 5.91 Å². The molecule has 0 radical (unpaired) electrons. The van der Waals surface area contributed by atoms with E-state index in [-0.39, 0.29) is 17.7 Å². The van der Waals surface area contributed by atoms with Crippen LogP contribution < -0.4 is 15.4 Å². The molecule has 0 bridgehead atoms. The summed E-state index contributed by atoms with van der Waals surface area (Å²) in [6, 6.07) is 8.86. The Morgan fingerprint density at radius 3 is 2.96 bits per heavy atom. The van der Waals surface area contributed by atoms with Crippen molar-refractivity contribution in [3.8, 4) is 11.5 Å². The molecule has 2 aromatic rings. The van der Waals surface area contributed by atoms with E-state index in [1.54, 1.807) is 35.2 Å². The second-order valence-corrected chi connectivity index (χ2v) is 6.22. The quantitative estimate of drug-likeness (QED) is 0.798. The number of amides is 1. The largest absolute Gasteiger partial charge is 0.452 e. The lowest BCUT2D eigenvalue weighted by molar-refractivity contribution is -0.120. The summed E-state index contributed by atoms with van der Waals surface area (Å²) in [5, 5.41) is 0.476. The maximum atomic E-state index is 14.3. The minimum absolute atomic E-state index is 0.0686. The third-order valence-corrected chi connectivity index (χ3v) is 4.59. The van der Waals surface area contributed by atoms with E-state index in [0.717, 1.165) is 0 Å². The highest BCUT2D eigenvalue weighted by atomic mass is 35.5. The Balaban J connectivity index is 2.02. The van der Waals surface area contributed by atoms with Crippen LogP contribution in [0, 0.1) is 5.82 Å². The normalized spacial score (nSPS) is 22.6. The van der Waals surface area contributed by atoms with Gasteiger partial charge in [-0.3, -0.25) is 9.69 Å². The van der Waals surface area contributed by atoms with Crippen LogP contribution in [0.4, 0.5) is 10.1 Å². The highest BCUT2D eigenvalue weighted by molar-refractivity contribution is 6.31. The SMILES string of the molecule is N[C@H]1CCC(=O)N2c3cc(Cl)ccc3Oc3c(F)cccc3[C@@H]12. The Labute approximate surface area is 137 Å². The van der Waals surface area contributed by atoms with E-state index in [1.165, 1.54) is 6.07 Å². The van der Waals surface area contributed by atoms with Crippen molar-refractivity contribution >= 4 is 23.2 Å². The van der Waals surface area contributed by atoms with Crippen molar-refractivity contribution in [3.05, 3.63) is 52.8 Å². The molecule has 0 aromatic heterocycles. The van der Waals surface area contributed by atoms with Crippen LogP contribution in [0.5, 0.6) is 11.5 Å². The predicted molar refractivity (Wildman–Crippen MR) is 85.4 cm³/mol. The minimum atomic E-state index is -0.476. The summed E-state index contributed by atoms with van der Waals surface area (Å²) in [7, 11) is 0. The summed E-state index contributed by atoms with van der Waals surface area (Å²) in [5.74, 6) is -0.0316. The molecule has 2 heterocycles. The number of nitrogens with two attached hydrogens (primary N) is 1. The van der Waals surface area contributed by atoms with Crippen LogP contribution in [0.25, 0.3) is 0 Å². The maximum Gasteiger partial charge on any atom is 0.227 e. The summed E-state index contributed by atoms with van der Waals surface area (Å²) in [6.07, 6.45) is 0.889. The molecular formula is C17H14ClFN2O2. The minimum Gasteiger partial charge on any atom is -0.452 e. The number of piperidine rings is 1. The molecule has 1 saturated heterocycles. The van der Waals surface area contributed by atoms with Gasteiger partial charge in [0.15, 0.2) is 17.3 Å². The summed E-state index contributed by atoms with van der Waals surface area (Å²) in [4.78, 5) is 14.2. The molecule has 2 atom stereocenters. The first-order valence-corrected chi connectivity index (χ1v) is 7.77. The Morgan fingerprint density at radius 1 is 1.30 bits per heavy atom. The number of anilines is 1. The lowest BCUT2D eigenvalue weighted by atomic mass is 9.89. The first-order valence-electron chi connectivity index (χ1n) is 7.39. The fourth-order valence-corrected chi connectivity index (χ4v) is 3.48. The highest BCUT2D eigenvalue weighted by Crippen LogP contribution is 2.48. The number of fused-ring (bicyclic) bond motifs is 5. The van der Waals surface area contributed by atoms with Gasteiger partial charge in [0, 0.05) is 23.0 Å². The van der Waals surface area contributed by atoms with Gasteiger partial charge in [-0.25, -0.2) is 4.39 Å². The van der Waals surface area contributed by atoms with E-state index in [0.29, 0.717) is 34.9 Å². The van der Waals surface area contributed by atoms with Crippen molar-refractivity contribution in [1.29, 1.82) is 0 Å². The van der Waals surface area contributed by atoms with E-state index in [9.17, 15) is 9.18 Å². The first kappa shape index (κ1) is 14.5. The molecule has 2 aromatic carbocycles. The van der Waals surface area contributed by atoms with Crippen molar-refractivity contribution in [2.75, 3.05) is 4.90 Å². The molecule has 0 saturated carbocycles. The molecule has 4 rings (SSSR count). The summed E-state index contributed by atoms with van der Waals surface area (Å²) in [5.41, 5.74) is 7.38. The molecule has 2 aliphatic rings. The van der Waals surface area contributed by atoms with E-state index < -0.39 is 11.9 Å². The number of hydrogen-bond donors (Lipinski definition) is 1. The van der Waals surface area contributed by atoms with Crippen LogP contribution in [-0.4, -0.2) is 11.9 Å². The second-order valence-electron chi connectivity index (χ2n) is 5.78. The van der Waals surface area contributed by atoms with Gasteiger partial charge in [0.05, 0.1) is 11.7 Å². The summed E-state index contributed by atoms with van der Waals surface area (Å²) >= 11 is 6.09. The summed E-state index contributed by atoms with van der Waals surface area (Å²) < 4.78 is 20.1. The average Bonchev–Trinajstić information content (AvgIpc) is 2.67. The third kappa shape index (κ3) is 2.19. The Bertz CT molecular complexity index is 811. The fourth-order valence-electron chi connectivity index (χ4n) is 3.31. The average molecular weight is 333 g/mol. The monoisotopic (exact) mass is 332 g/mol. The van der Waals surface area contributed by atoms with Gasteiger partial charge < -0.3 is 10.5 Å². The van der Waals surface area contributed by atoms with E-state index in [4.69, 9.17) is 22.1 Å². The van der Waals surface area contributed by atoms with Crippen molar-refractivity contribution < 1.29 is 13.9 Å². The van der Waals surface area contributed by atoms with Gasteiger partial charge in [-0.2, -0.15) is 0 Å². The number of ether oxygens (including phenoxy) is 1. The molecule has 118 valence electrons. The molecular weight excluding hydrogens is 319 g/mol. The van der Waals surface area contributed by atoms with Crippen LogP contribution in [0.3, 0.4) is 0 Å². The third-order valence-electron chi connectivity index (χ3n) is 4.35. The van der Waals surface area contributed by atoms with Crippen LogP contribution in [-0.2, 0) is 4.79 Å². The van der Waals surface area contributed by atoms with Crippen LogP contribution in [0.1, 0.15) is 24.4 Å². The zero-order chi connectivity index (χ0) is 16.1. The molecule has 0 spiro atoms. The predicted octanol–water partition coefficient (Wildman–Crippen LogP) is 3.78. The molecule has 1 fully saturated rings. The molecule has 0 aliphatic carbocycles. The Hall–Kier alpha value is -2.11. The lowest BCUT2D eigenvalue weighted by Gasteiger charge is -2.38. The second kappa shape index (κ2) is 5.22. The van der Waals surface area contributed by atoms with Crippen molar-refractivity contribution in [2.24, 2.45) is 5.73 Å². The van der Waals surface area contributed by atoms with Gasteiger partial charge in [-0.05, 0) is 30.7 Å². The Morgan fingerprint density at radius 2 is 2.13 bits per heavy atom. The van der Waals surface area contributed by atoms with Gasteiger partial charge in [0.25, 0.3) is 0 Å². The van der Waals surface area contributed by atoms with Crippen LogP contribution in [0.2, 0.25) is 5.02 Å². The zero-order valence-electron chi connectivity index (χ0n) is 12.1. The van der Waals surface area contributed by atoms with E-state index in [1.807, 2.05) is 0 Å². The number of nitrogens with zero attached hydrogens (tertiary/aromatic N) is 1. The van der Waals surface area contributed by atoms with Crippen molar-refractivity contribution in [3.63, 3.8) is 0 Å². The van der Waals surface area contributed by atoms with E-state index >= 15 is 0 Å². The Kier molecular flexibility index (Phi) is 3.28. The number of carbonyl (C=O) groups is 1. The van der Waals surface area contributed by atoms with Gasteiger partial charge in [-0.15, -0.1) is 0 Å². The standard InChI is InChI=1S/C17H14ClFN2O2/c18-9-4-6-14-13(8-9)21-15(22)7-5-12(20)16(21)10-2-1-3-11(19)17(10)23-14/h1-4,6,8,12,16H,5,7,20H2/t12-,16-/m0/s1. The molecule has 23 heavy (non-hydrogen) atoms. The zero-order valence-corrected chi connectivity index (χ0v) is 12.9. The topological polar surface area (TPSA) is 55.6 Å². The van der Waals surface area contributed by atoms with Gasteiger partial charge in [-0.1, -0.05) is 23.7 Å². The molecule has 1 amide bonds. The summed E-state index contributed by atoms with van der Waals surface area (Å²) in [6.45, 7) is 0. The number of rotatable bonds is 0. The highest BCUT2D eigenvalue weighted by Gasteiger charge is 2.41. The maximum absolute atomic E-state index is 14.3. The smallest absolute Gasteiger partial charge is 0.227 e. The molecule has 0 unspecified atom stereocenters. The number of benzene rings is 2. The molecule has 2 N–H and O–H groups in total. The van der Waals surface area contributed by atoms with Crippen molar-refractivity contribution in [1.82, 2.24) is 0 Å². The fraction of sp³-hybridized carbons (Fsp3) is 0.235. The molecule has 2 aliphatic heterocycles. The van der Waals surface area contributed by atoms with Gasteiger partial charge >= 0.3 is 0 Å². The molecule has 4 nitrogen and oxygen atoms in total.